The molecule has 2 aromatic rings. The van der Waals surface area contributed by atoms with Crippen LogP contribution in [0.5, 0.6) is 5.75 Å². The highest BCUT2D eigenvalue weighted by molar-refractivity contribution is 6.29. The van der Waals surface area contributed by atoms with Gasteiger partial charge in [0.05, 0.1) is 19.0 Å². The average Bonchev–Trinajstić information content (AvgIpc) is 2.37. The zero-order chi connectivity index (χ0) is 14.0. The van der Waals surface area contributed by atoms with Gasteiger partial charge in [0, 0.05) is 23.2 Å². The Labute approximate surface area is 117 Å². The third kappa shape index (κ3) is 3.20. The molecule has 0 amide bonds. The van der Waals surface area contributed by atoms with Crippen LogP contribution >= 0.6 is 11.6 Å². The van der Waals surface area contributed by atoms with Gasteiger partial charge in [0.1, 0.15) is 16.7 Å². The van der Waals surface area contributed by atoms with Gasteiger partial charge in [-0.05, 0) is 6.07 Å². The molecule has 0 atom stereocenters. The summed E-state index contributed by atoms with van der Waals surface area (Å²) in [6.45, 7) is 6.14. The summed E-state index contributed by atoms with van der Waals surface area (Å²) >= 11 is 6.08. The fourth-order valence-electron chi connectivity index (χ4n) is 1.57. The summed E-state index contributed by atoms with van der Waals surface area (Å²) in [5, 5.41) is 0.428. The summed E-state index contributed by atoms with van der Waals surface area (Å²) in [6, 6.07) is 3.60. The lowest BCUT2D eigenvalue weighted by Gasteiger charge is -2.17. The quantitative estimate of drug-likeness (QED) is 0.788. The molecule has 0 spiro atoms. The van der Waals surface area contributed by atoms with E-state index >= 15 is 0 Å². The Morgan fingerprint density at radius 3 is 2.47 bits per heavy atom. The molecule has 0 N–H and O–H groups in total. The lowest BCUT2D eigenvalue weighted by atomic mass is 9.95. The minimum Gasteiger partial charge on any atom is -0.495 e. The van der Waals surface area contributed by atoms with E-state index in [1.807, 2.05) is 26.8 Å². The third-order valence-corrected chi connectivity index (χ3v) is 2.80. The van der Waals surface area contributed by atoms with Crippen molar-refractivity contribution in [3.63, 3.8) is 0 Å². The molecule has 0 unspecified atom stereocenters. The highest BCUT2D eigenvalue weighted by Crippen LogP contribution is 2.26. The maximum absolute atomic E-state index is 6.08. The minimum atomic E-state index is -0.161. The molecule has 2 rings (SSSR count). The van der Waals surface area contributed by atoms with Crippen LogP contribution in [0.3, 0.4) is 0 Å². The summed E-state index contributed by atoms with van der Waals surface area (Å²) in [5.74, 6) is 1.39. The fraction of sp³-hybridized carbons (Fsp3) is 0.357. The van der Waals surface area contributed by atoms with Crippen molar-refractivity contribution in [2.45, 2.75) is 26.2 Å². The van der Waals surface area contributed by atoms with Gasteiger partial charge in [0.15, 0.2) is 0 Å². The zero-order valence-corrected chi connectivity index (χ0v) is 12.2. The second-order valence-corrected chi connectivity index (χ2v) is 5.65. The van der Waals surface area contributed by atoms with Gasteiger partial charge < -0.3 is 4.74 Å². The number of pyridine rings is 1. The zero-order valence-electron chi connectivity index (χ0n) is 11.4. The second-order valence-electron chi connectivity index (χ2n) is 5.26. The topological polar surface area (TPSA) is 47.9 Å². The van der Waals surface area contributed by atoms with Gasteiger partial charge in [-0.25, -0.2) is 9.97 Å². The second kappa shape index (κ2) is 5.13. The van der Waals surface area contributed by atoms with Gasteiger partial charge in [0.2, 0.25) is 0 Å². The van der Waals surface area contributed by atoms with Gasteiger partial charge in [-0.15, -0.1) is 0 Å². The number of aromatic nitrogens is 3. The van der Waals surface area contributed by atoms with Crippen molar-refractivity contribution in [3.8, 4) is 17.0 Å². The van der Waals surface area contributed by atoms with Gasteiger partial charge >= 0.3 is 0 Å². The molecule has 0 aliphatic heterocycles. The van der Waals surface area contributed by atoms with E-state index < -0.39 is 0 Å². The van der Waals surface area contributed by atoms with Crippen LogP contribution in [0, 0.1) is 0 Å². The first-order valence-corrected chi connectivity index (χ1v) is 6.32. The van der Waals surface area contributed by atoms with Crippen molar-refractivity contribution in [2.75, 3.05) is 7.11 Å². The van der Waals surface area contributed by atoms with Gasteiger partial charge in [0.25, 0.3) is 0 Å². The molecule has 2 aromatic heterocycles. The summed E-state index contributed by atoms with van der Waals surface area (Å²) < 4.78 is 5.17. The minimum absolute atomic E-state index is 0.161. The Kier molecular flexibility index (Phi) is 3.71. The van der Waals surface area contributed by atoms with Crippen LogP contribution in [-0.4, -0.2) is 22.1 Å². The highest BCUT2D eigenvalue weighted by Gasteiger charge is 2.19. The molecule has 2 heterocycles. The molecule has 0 radical (unpaired) electrons. The predicted molar refractivity (Wildman–Crippen MR) is 75.5 cm³/mol. The van der Waals surface area contributed by atoms with Crippen LogP contribution in [0.1, 0.15) is 26.6 Å². The normalized spacial score (nSPS) is 11.4. The molecule has 100 valence electrons. The highest BCUT2D eigenvalue weighted by atomic mass is 35.5. The van der Waals surface area contributed by atoms with Gasteiger partial charge in [-0.1, -0.05) is 32.4 Å². The van der Waals surface area contributed by atoms with Crippen molar-refractivity contribution < 1.29 is 4.74 Å². The number of nitrogens with zero attached hydrogens (tertiary/aromatic N) is 3. The molecule has 0 aliphatic carbocycles. The fourth-order valence-corrected chi connectivity index (χ4v) is 1.75. The molecule has 0 saturated heterocycles. The van der Waals surface area contributed by atoms with E-state index in [0.717, 1.165) is 11.3 Å². The first kappa shape index (κ1) is 13.7. The van der Waals surface area contributed by atoms with Crippen molar-refractivity contribution in [1.29, 1.82) is 0 Å². The Morgan fingerprint density at radius 2 is 1.84 bits per heavy atom. The molecular formula is C14H16ClN3O. The Bertz CT molecular complexity index is 593. The number of rotatable bonds is 2. The molecule has 5 heteroatoms. The monoisotopic (exact) mass is 277 g/mol. The lowest BCUT2D eigenvalue weighted by Crippen LogP contribution is -2.16. The maximum Gasteiger partial charge on any atom is 0.137 e. The van der Waals surface area contributed by atoms with Crippen LogP contribution in [0.25, 0.3) is 11.3 Å². The van der Waals surface area contributed by atoms with Crippen LogP contribution in [0.15, 0.2) is 24.5 Å². The van der Waals surface area contributed by atoms with Crippen LogP contribution in [0.2, 0.25) is 5.15 Å². The van der Waals surface area contributed by atoms with Crippen LogP contribution in [0.4, 0.5) is 0 Å². The Hall–Kier alpha value is -1.68. The first-order chi connectivity index (χ1) is 8.90. The van der Waals surface area contributed by atoms with Crippen molar-refractivity contribution in [2.24, 2.45) is 0 Å². The van der Waals surface area contributed by atoms with E-state index in [-0.39, 0.29) is 5.41 Å². The summed E-state index contributed by atoms with van der Waals surface area (Å²) in [5.41, 5.74) is 1.44. The molecule has 0 aliphatic rings. The number of methoxy groups -OCH3 is 1. The van der Waals surface area contributed by atoms with E-state index in [2.05, 4.69) is 15.0 Å². The Morgan fingerprint density at radius 1 is 1.11 bits per heavy atom. The summed E-state index contributed by atoms with van der Waals surface area (Å²) in [7, 11) is 1.61. The molecule has 4 nitrogen and oxygen atoms in total. The third-order valence-electron chi connectivity index (χ3n) is 2.61. The molecule has 0 aromatic carbocycles. The van der Waals surface area contributed by atoms with E-state index in [1.165, 1.54) is 0 Å². The molecule has 19 heavy (non-hydrogen) atoms. The molecule has 0 saturated carbocycles. The SMILES string of the molecule is COc1cncc(-c2cc(Cl)nc(C(C)(C)C)n2)c1. The first-order valence-electron chi connectivity index (χ1n) is 5.94. The van der Waals surface area contributed by atoms with E-state index in [9.17, 15) is 0 Å². The predicted octanol–water partition coefficient (Wildman–Crippen LogP) is 3.50. The molecule has 0 fully saturated rings. The smallest absolute Gasteiger partial charge is 0.137 e. The van der Waals surface area contributed by atoms with Gasteiger partial charge in [-0.2, -0.15) is 0 Å². The number of halogens is 1. The summed E-state index contributed by atoms with van der Waals surface area (Å²) in [4.78, 5) is 13.0. The van der Waals surface area contributed by atoms with Crippen LogP contribution in [-0.2, 0) is 5.41 Å². The molecule has 0 bridgehead atoms. The number of hydrogen-bond acceptors (Lipinski definition) is 4. The van der Waals surface area contributed by atoms with Crippen molar-refractivity contribution >= 4 is 11.6 Å². The van der Waals surface area contributed by atoms with E-state index in [1.54, 1.807) is 25.6 Å². The van der Waals surface area contributed by atoms with Crippen LogP contribution < -0.4 is 4.74 Å². The molecular weight excluding hydrogens is 262 g/mol. The van der Waals surface area contributed by atoms with E-state index in [0.29, 0.717) is 16.7 Å². The van der Waals surface area contributed by atoms with Gasteiger partial charge in [-0.3, -0.25) is 4.98 Å². The average molecular weight is 278 g/mol. The largest absolute Gasteiger partial charge is 0.495 e. The Balaban J connectivity index is 2.53. The maximum atomic E-state index is 6.08. The number of hydrogen-bond donors (Lipinski definition) is 0. The lowest BCUT2D eigenvalue weighted by molar-refractivity contribution is 0.413. The standard InChI is InChI=1S/C14H16ClN3O/c1-14(2,3)13-17-11(6-12(15)18-13)9-5-10(19-4)8-16-7-9/h5-8H,1-4H3. The number of ether oxygens (including phenoxy) is 1. The summed E-state index contributed by atoms with van der Waals surface area (Å²) in [6.07, 6.45) is 3.38. The van der Waals surface area contributed by atoms with Crippen molar-refractivity contribution in [3.05, 3.63) is 35.5 Å². The van der Waals surface area contributed by atoms with E-state index in [4.69, 9.17) is 16.3 Å². The van der Waals surface area contributed by atoms with Crippen molar-refractivity contribution in [1.82, 2.24) is 15.0 Å².